The van der Waals surface area contributed by atoms with Crippen molar-refractivity contribution in [3.05, 3.63) is 51.6 Å². The molecule has 1 spiro atoms. The lowest BCUT2D eigenvalue weighted by molar-refractivity contribution is -0.0282. The minimum atomic E-state index is -0.185. The van der Waals surface area contributed by atoms with E-state index in [0.29, 0.717) is 29.3 Å². The van der Waals surface area contributed by atoms with E-state index >= 15 is 0 Å². The minimum Gasteiger partial charge on any atom is -0.380 e. The van der Waals surface area contributed by atoms with Gasteiger partial charge in [-0.3, -0.25) is 14.9 Å². The summed E-state index contributed by atoms with van der Waals surface area (Å²) in [4.78, 5) is 18.0. The van der Waals surface area contributed by atoms with Gasteiger partial charge in [-0.1, -0.05) is 37.6 Å². The number of unbranched alkanes of at least 4 members (excludes halogenated alkanes) is 1. The van der Waals surface area contributed by atoms with Crippen LogP contribution >= 0.6 is 0 Å². The van der Waals surface area contributed by atoms with E-state index in [9.17, 15) is 4.79 Å². The summed E-state index contributed by atoms with van der Waals surface area (Å²) in [6, 6.07) is 8.61. The van der Waals surface area contributed by atoms with Crippen molar-refractivity contribution in [3.63, 3.8) is 0 Å². The van der Waals surface area contributed by atoms with Crippen LogP contribution < -0.4 is 22.2 Å². The van der Waals surface area contributed by atoms with Gasteiger partial charge in [-0.15, -0.1) is 5.10 Å². The molecule has 4 heterocycles. The van der Waals surface area contributed by atoms with Gasteiger partial charge >= 0.3 is 5.69 Å². The van der Waals surface area contributed by atoms with Gasteiger partial charge in [-0.25, -0.2) is 9.91 Å². The van der Waals surface area contributed by atoms with Crippen molar-refractivity contribution in [3.8, 4) is 0 Å². The predicted molar refractivity (Wildman–Crippen MR) is 126 cm³/mol. The second-order valence-corrected chi connectivity index (χ2v) is 9.53. The Hall–Kier alpha value is -2.78. The Balaban J connectivity index is 1.23. The Labute approximate surface area is 188 Å². The first kappa shape index (κ1) is 21.1. The van der Waals surface area contributed by atoms with Crippen LogP contribution in [0.25, 0.3) is 0 Å². The lowest BCUT2D eigenvalue weighted by Crippen LogP contribution is -2.59. The number of H-pyrrole nitrogens is 1. The van der Waals surface area contributed by atoms with Gasteiger partial charge in [0.05, 0.1) is 13.1 Å². The molecule has 32 heavy (non-hydrogen) atoms. The molecule has 0 radical (unpaired) electrons. The number of anilines is 1. The van der Waals surface area contributed by atoms with Crippen LogP contribution in [0, 0.1) is 5.41 Å². The van der Waals surface area contributed by atoms with Crippen LogP contribution in [0.3, 0.4) is 0 Å². The summed E-state index contributed by atoms with van der Waals surface area (Å²) in [6.07, 6.45) is 4.65. The van der Waals surface area contributed by atoms with Gasteiger partial charge in [0.15, 0.2) is 11.7 Å². The van der Waals surface area contributed by atoms with Gasteiger partial charge in [-0.05, 0) is 48.9 Å². The number of imidazole rings is 1. The van der Waals surface area contributed by atoms with E-state index < -0.39 is 0 Å². The first-order valence-corrected chi connectivity index (χ1v) is 11.8. The van der Waals surface area contributed by atoms with Crippen molar-refractivity contribution in [1.29, 1.82) is 0 Å². The highest BCUT2D eigenvalue weighted by Gasteiger charge is 2.42. The molecule has 9 heteroatoms. The monoisotopic (exact) mass is 438 g/mol. The highest BCUT2D eigenvalue weighted by Crippen LogP contribution is 2.39. The molecule has 5 rings (SSSR count). The van der Waals surface area contributed by atoms with Crippen LogP contribution in [-0.2, 0) is 13.1 Å². The van der Waals surface area contributed by atoms with Gasteiger partial charge in [-0.2, -0.15) is 0 Å². The van der Waals surface area contributed by atoms with Gasteiger partial charge in [0.2, 0.25) is 0 Å². The second-order valence-electron chi connectivity index (χ2n) is 9.53. The largest absolute Gasteiger partial charge is 0.380 e. The molecule has 2 saturated heterocycles. The number of aromatic nitrogens is 2. The van der Waals surface area contributed by atoms with E-state index in [1.807, 2.05) is 0 Å². The number of hydrogen-bond acceptors (Lipinski definition) is 7. The fourth-order valence-corrected chi connectivity index (χ4v) is 5.14. The molecule has 0 saturated carbocycles. The maximum absolute atomic E-state index is 12.6. The van der Waals surface area contributed by atoms with Crippen LogP contribution in [0.4, 0.5) is 5.82 Å². The van der Waals surface area contributed by atoms with Crippen LogP contribution in [0.5, 0.6) is 0 Å². The summed E-state index contributed by atoms with van der Waals surface area (Å²) in [5, 5.41) is 9.52. The highest BCUT2D eigenvalue weighted by molar-refractivity contribution is 6.00. The van der Waals surface area contributed by atoms with Gasteiger partial charge in [0, 0.05) is 19.6 Å². The average molecular weight is 439 g/mol. The zero-order chi connectivity index (χ0) is 22.1. The summed E-state index contributed by atoms with van der Waals surface area (Å²) >= 11 is 0. The maximum Gasteiger partial charge on any atom is 0.328 e. The summed E-state index contributed by atoms with van der Waals surface area (Å²) in [7, 11) is 0. The van der Waals surface area contributed by atoms with Crippen molar-refractivity contribution in [1.82, 2.24) is 24.9 Å². The molecule has 172 valence electrons. The molecule has 3 aliphatic heterocycles. The second kappa shape index (κ2) is 8.63. The normalized spacial score (nSPS) is 19.9. The third-order valence-electron chi connectivity index (χ3n) is 6.98. The molecular formula is C23H34N8O. The van der Waals surface area contributed by atoms with Gasteiger partial charge < -0.3 is 16.0 Å². The van der Waals surface area contributed by atoms with E-state index in [4.69, 9.17) is 5.73 Å². The van der Waals surface area contributed by atoms with E-state index in [1.165, 1.54) is 31.5 Å². The topological polar surface area (TPSA) is 107 Å². The molecule has 2 aromatic rings. The minimum absolute atomic E-state index is 0.185. The molecule has 0 atom stereocenters. The molecule has 9 nitrogen and oxygen atoms in total. The number of benzene rings is 1. The van der Waals surface area contributed by atoms with Crippen molar-refractivity contribution in [2.45, 2.75) is 45.7 Å². The number of hydrazone groups is 1. The first-order valence-electron chi connectivity index (χ1n) is 11.8. The Morgan fingerprint density at radius 2 is 1.78 bits per heavy atom. The SMILES string of the molecule is CCCCN1N=C(N)c2[nH]c(=O)n(Cc3ccc(CN4CC5(CCNCC5)C4)cc3)c2N1. The molecule has 0 unspecified atom stereocenters. The molecule has 0 bridgehead atoms. The number of amidine groups is 1. The molecule has 0 amide bonds. The zero-order valence-corrected chi connectivity index (χ0v) is 18.9. The van der Waals surface area contributed by atoms with E-state index in [2.05, 4.69) is 56.9 Å². The third kappa shape index (κ3) is 4.14. The molecule has 0 aliphatic carbocycles. The Morgan fingerprint density at radius 3 is 2.47 bits per heavy atom. The molecule has 5 N–H and O–H groups in total. The number of aromatic amines is 1. The Morgan fingerprint density at radius 1 is 1.09 bits per heavy atom. The van der Waals surface area contributed by atoms with E-state index in [0.717, 1.165) is 44.6 Å². The molecule has 3 aliphatic rings. The van der Waals surface area contributed by atoms with Crippen molar-refractivity contribution < 1.29 is 0 Å². The van der Waals surface area contributed by atoms with Gasteiger partial charge in [0.25, 0.3) is 0 Å². The first-order chi connectivity index (χ1) is 15.5. The predicted octanol–water partition coefficient (Wildman–Crippen LogP) is 1.47. The lowest BCUT2D eigenvalue weighted by Gasteiger charge is -2.52. The number of likely N-dealkylation sites (tertiary alicyclic amines) is 1. The maximum atomic E-state index is 12.6. The smallest absolute Gasteiger partial charge is 0.328 e. The Kier molecular flexibility index (Phi) is 5.69. The number of rotatable bonds is 7. The number of hydrogen-bond donors (Lipinski definition) is 4. The van der Waals surface area contributed by atoms with Crippen LogP contribution in [0.2, 0.25) is 0 Å². The fourth-order valence-electron chi connectivity index (χ4n) is 5.14. The number of nitrogens with two attached hydrogens (primary N) is 1. The number of nitrogens with one attached hydrogen (secondary N) is 3. The highest BCUT2D eigenvalue weighted by atomic mass is 16.1. The third-order valence-corrected chi connectivity index (χ3v) is 6.98. The molecule has 1 aromatic heterocycles. The lowest BCUT2D eigenvalue weighted by atomic mass is 9.72. The Bertz CT molecular complexity index is 1020. The van der Waals surface area contributed by atoms with Crippen LogP contribution in [0.15, 0.2) is 34.2 Å². The van der Waals surface area contributed by atoms with E-state index in [1.54, 1.807) is 9.69 Å². The van der Waals surface area contributed by atoms with Crippen molar-refractivity contribution >= 4 is 11.7 Å². The standard InChI is InChI=1S/C23H34N8O/c1-2-3-12-31-27-20(24)19-21(28-31)30(22(32)26-19)14-18-6-4-17(5-7-18)13-29-15-23(16-29)8-10-25-11-9-23/h4-7,25,28H,2-3,8-16H2,1H3,(H2,24,27)(H,26,32). The summed E-state index contributed by atoms with van der Waals surface area (Å²) < 4.78 is 1.70. The molecule has 1 aromatic carbocycles. The van der Waals surface area contributed by atoms with E-state index in [-0.39, 0.29) is 5.69 Å². The number of hydrazine groups is 1. The van der Waals surface area contributed by atoms with Gasteiger partial charge in [0.1, 0.15) is 5.69 Å². The summed E-state index contributed by atoms with van der Waals surface area (Å²) in [6.45, 7) is 9.09. The van der Waals surface area contributed by atoms with Crippen LogP contribution in [0.1, 0.15) is 49.4 Å². The summed E-state index contributed by atoms with van der Waals surface area (Å²) in [5.41, 5.74) is 12.7. The number of nitrogens with zero attached hydrogens (tertiary/aromatic N) is 4. The molecule has 2 fully saturated rings. The molecular weight excluding hydrogens is 404 g/mol. The van der Waals surface area contributed by atoms with Crippen LogP contribution in [-0.4, -0.2) is 58.1 Å². The van der Waals surface area contributed by atoms with Crippen molar-refractivity contribution in [2.75, 3.05) is 38.1 Å². The number of piperidine rings is 1. The fraction of sp³-hybridized carbons (Fsp3) is 0.565. The zero-order valence-electron chi connectivity index (χ0n) is 18.9. The average Bonchev–Trinajstić information content (AvgIpc) is 3.09. The number of fused-ring (bicyclic) bond motifs is 1. The van der Waals surface area contributed by atoms with Crippen molar-refractivity contribution in [2.24, 2.45) is 16.3 Å². The quantitative estimate of drug-likeness (QED) is 0.522. The summed E-state index contributed by atoms with van der Waals surface area (Å²) in [5.74, 6) is 1.01.